The normalized spacial score (nSPS) is 30.5. The summed E-state index contributed by atoms with van der Waals surface area (Å²) in [6.45, 7) is 4.88. The van der Waals surface area contributed by atoms with Crippen LogP contribution in [-0.2, 0) is 14.3 Å². The van der Waals surface area contributed by atoms with Crippen molar-refractivity contribution in [2.45, 2.75) is 31.8 Å². The van der Waals surface area contributed by atoms with Gasteiger partial charge in [0.05, 0.1) is 19.2 Å². The van der Waals surface area contributed by atoms with E-state index in [1.165, 1.54) is 0 Å². The standard InChI is InChI=1S/C10H16N2O3/c1-10(2)9(14)11-5-8(13)12(10)7-3-4-15-6-7/h7H,3-6H2,1-2H3,(H,11,14). The highest BCUT2D eigenvalue weighted by Crippen LogP contribution is 2.25. The number of hydrogen-bond acceptors (Lipinski definition) is 3. The Morgan fingerprint density at radius 1 is 1.47 bits per heavy atom. The maximum absolute atomic E-state index is 11.8. The van der Waals surface area contributed by atoms with Crippen molar-refractivity contribution in [2.75, 3.05) is 19.8 Å². The van der Waals surface area contributed by atoms with Crippen molar-refractivity contribution in [1.82, 2.24) is 10.2 Å². The molecule has 2 heterocycles. The molecule has 0 aromatic heterocycles. The Kier molecular flexibility index (Phi) is 2.42. The summed E-state index contributed by atoms with van der Waals surface area (Å²) >= 11 is 0. The van der Waals surface area contributed by atoms with Gasteiger partial charge in [-0.2, -0.15) is 0 Å². The second kappa shape index (κ2) is 3.48. The van der Waals surface area contributed by atoms with Gasteiger partial charge in [0.1, 0.15) is 5.54 Å². The highest BCUT2D eigenvalue weighted by molar-refractivity contribution is 5.97. The molecule has 2 aliphatic rings. The summed E-state index contributed by atoms with van der Waals surface area (Å²) < 4.78 is 5.26. The van der Waals surface area contributed by atoms with E-state index in [9.17, 15) is 9.59 Å². The zero-order valence-electron chi connectivity index (χ0n) is 9.08. The minimum Gasteiger partial charge on any atom is -0.379 e. The topological polar surface area (TPSA) is 58.6 Å². The summed E-state index contributed by atoms with van der Waals surface area (Å²) in [6.07, 6.45) is 0.822. The van der Waals surface area contributed by atoms with Crippen LogP contribution in [0, 0.1) is 0 Å². The van der Waals surface area contributed by atoms with Crippen LogP contribution >= 0.6 is 0 Å². The number of rotatable bonds is 1. The number of ether oxygens (including phenoxy) is 1. The molecular formula is C10H16N2O3. The first kappa shape index (κ1) is 10.4. The highest BCUT2D eigenvalue weighted by atomic mass is 16.5. The largest absolute Gasteiger partial charge is 0.379 e. The van der Waals surface area contributed by atoms with Gasteiger partial charge in [0.15, 0.2) is 0 Å². The first-order chi connectivity index (χ1) is 7.03. The smallest absolute Gasteiger partial charge is 0.245 e. The minimum atomic E-state index is -0.756. The molecule has 1 N–H and O–H groups in total. The number of carbonyl (C=O) groups is 2. The average molecular weight is 212 g/mol. The van der Waals surface area contributed by atoms with Gasteiger partial charge in [0, 0.05) is 6.61 Å². The predicted molar refractivity (Wildman–Crippen MR) is 53.2 cm³/mol. The van der Waals surface area contributed by atoms with Crippen LogP contribution in [0.3, 0.4) is 0 Å². The van der Waals surface area contributed by atoms with E-state index in [-0.39, 0.29) is 24.4 Å². The molecule has 2 amide bonds. The first-order valence-corrected chi connectivity index (χ1v) is 5.21. The summed E-state index contributed by atoms with van der Waals surface area (Å²) in [6, 6.07) is 0.0542. The lowest BCUT2D eigenvalue weighted by molar-refractivity contribution is -0.154. The van der Waals surface area contributed by atoms with Gasteiger partial charge in [-0.25, -0.2) is 0 Å². The van der Waals surface area contributed by atoms with Crippen LogP contribution in [0.1, 0.15) is 20.3 Å². The highest BCUT2D eigenvalue weighted by Gasteiger charge is 2.45. The van der Waals surface area contributed by atoms with Crippen molar-refractivity contribution >= 4 is 11.8 Å². The molecule has 0 aromatic rings. The molecular weight excluding hydrogens is 196 g/mol. The van der Waals surface area contributed by atoms with Gasteiger partial charge in [-0.15, -0.1) is 0 Å². The van der Waals surface area contributed by atoms with Crippen LogP contribution in [0.25, 0.3) is 0 Å². The molecule has 0 aliphatic carbocycles. The Balaban J connectivity index is 2.24. The van der Waals surface area contributed by atoms with E-state index in [4.69, 9.17) is 4.74 Å². The van der Waals surface area contributed by atoms with Gasteiger partial charge in [-0.3, -0.25) is 9.59 Å². The Hall–Kier alpha value is -1.10. The van der Waals surface area contributed by atoms with Crippen LogP contribution in [0.15, 0.2) is 0 Å². The zero-order chi connectivity index (χ0) is 11.1. The summed E-state index contributed by atoms with van der Waals surface area (Å²) in [5.74, 6) is -0.107. The number of hydrogen-bond donors (Lipinski definition) is 1. The van der Waals surface area contributed by atoms with Crippen molar-refractivity contribution in [2.24, 2.45) is 0 Å². The van der Waals surface area contributed by atoms with Crippen molar-refractivity contribution < 1.29 is 14.3 Å². The van der Waals surface area contributed by atoms with Gasteiger partial charge >= 0.3 is 0 Å². The molecule has 84 valence electrons. The zero-order valence-corrected chi connectivity index (χ0v) is 9.08. The molecule has 2 fully saturated rings. The van der Waals surface area contributed by atoms with E-state index in [1.807, 2.05) is 0 Å². The molecule has 15 heavy (non-hydrogen) atoms. The summed E-state index contributed by atoms with van der Waals surface area (Å²) in [4.78, 5) is 25.2. The van der Waals surface area contributed by atoms with Gasteiger partial charge in [-0.1, -0.05) is 0 Å². The van der Waals surface area contributed by atoms with Crippen LogP contribution in [0.5, 0.6) is 0 Å². The van der Waals surface area contributed by atoms with Crippen LogP contribution in [0.2, 0.25) is 0 Å². The third-order valence-electron chi connectivity index (χ3n) is 3.10. The van der Waals surface area contributed by atoms with Crippen LogP contribution in [0.4, 0.5) is 0 Å². The molecule has 2 saturated heterocycles. The Bertz CT molecular complexity index is 295. The van der Waals surface area contributed by atoms with Crippen molar-refractivity contribution in [3.63, 3.8) is 0 Å². The quantitative estimate of drug-likeness (QED) is 0.638. The van der Waals surface area contributed by atoms with E-state index in [1.54, 1.807) is 18.7 Å². The lowest BCUT2D eigenvalue weighted by Crippen LogP contribution is -2.67. The van der Waals surface area contributed by atoms with E-state index < -0.39 is 5.54 Å². The third kappa shape index (κ3) is 1.61. The lowest BCUT2D eigenvalue weighted by Gasteiger charge is -2.44. The predicted octanol–water partition coefficient (Wildman–Crippen LogP) is -0.488. The molecule has 5 nitrogen and oxygen atoms in total. The number of nitrogens with one attached hydrogen (secondary N) is 1. The van der Waals surface area contributed by atoms with Gasteiger partial charge in [0.25, 0.3) is 0 Å². The lowest BCUT2D eigenvalue weighted by atomic mass is 9.95. The third-order valence-corrected chi connectivity index (χ3v) is 3.10. The molecule has 0 aromatic carbocycles. The number of piperazine rings is 1. The van der Waals surface area contributed by atoms with E-state index in [2.05, 4.69) is 5.32 Å². The molecule has 2 aliphatic heterocycles. The average Bonchev–Trinajstić information content (AvgIpc) is 2.65. The molecule has 0 bridgehead atoms. The molecule has 1 unspecified atom stereocenters. The van der Waals surface area contributed by atoms with E-state index in [0.717, 1.165) is 6.42 Å². The van der Waals surface area contributed by atoms with Crippen LogP contribution in [-0.4, -0.2) is 48.1 Å². The van der Waals surface area contributed by atoms with E-state index in [0.29, 0.717) is 13.2 Å². The Morgan fingerprint density at radius 3 is 2.80 bits per heavy atom. The summed E-state index contributed by atoms with van der Waals surface area (Å²) in [5, 5.41) is 2.60. The summed E-state index contributed by atoms with van der Waals surface area (Å²) in [5.41, 5.74) is -0.756. The Morgan fingerprint density at radius 2 is 2.20 bits per heavy atom. The van der Waals surface area contributed by atoms with Gasteiger partial charge < -0.3 is 15.0 Å². The van der Waals surface area contributed by atoms with Crippen molar-refractivity contribution in [3.05, 3.63) is 0 Å². The second-order valence-corrected chi connectivity index (χ2v) is 4.52. The number of carbonyl (C=O) groups excluding carboxylic acids is 2. The van der Waals surface area contributed by atoms with Crippen molar-refractivity contribution in [3.8, 4) is 0 Å². The number of nitrogens with zero attached hydrogens (tertiary/aromatic N) is 1. The van der Waals surface area contributed by atoms with E-state index >= 15 is 0 Å². The molecule has 1 atom stereocenters. The monoisotopic (exact) mass is 212 g/mol. The fourth-order valence-electron chi connectivity index (χ4n) is 2.26. The SMILES string of the molecule is CC1(C)C(=O)NCC(=O)N1C1CCOC1. The maximum atomic E-state index is 11.8. The molecule has 5 heteroatoms. The van der Waals surface area contributed by atoms with Gasteiger partial charge in [-0.05, 0) is 20.3 Å². The van der Waals surface area contributed by atoms with Crippen molar-refractivity contribution in [1.29, 1.82) is 0 Å². The molecule has 0 spiro atoms. The minimum absolute atomic E-state index is 0.0184. The number of amides is 2. The van der Waals surface area contributed by atoms with Gasteiger partial charge in [0.2, 0.25) is 11.8 Å². The first-order valence-electron chi connectivity index (χ1n) is 5.21. The Labute approximate surface area is 88.8 Å². The summed E-state index contributed by atoms with van der Waals surface area (Å²) in [7, 11) is 0. The van der Waals surface area contributed by atoms with Crippen LogP contribution < -0.4 is 5.32 Å². The maximum Gasteiger partial charge on any atom is 0.245 e. The second-order valence-electron chi connectivity index (χ2n) is 4.52. The molecule has 0 saturated carbocycles. The molecule has 0 radical (unpaired) electrons. The molecule has 2 rings (SSSR count). The fourth-order valence-corrected chi connectivity index (χ4v) is 2.26. The fraction of sp³-hybridized carbons (Fsp3) is 0.800.